The first-order valence-electron chi connectivity index (χ1n) is 5.96. The van der Waals surface area contributed by atoms with E-state index in [1.807, 2.05) is 31.2 Å². The van der Waals surface area contributed by atoms with Gasteiger partial charge in [-0.05, 0) is 24.5 Å². The quantitative estimate of drug-likeness (QED) is 0.808. The molecule has 3 N–H and O–H groups in total. The number of hydrogen-bond acceptors (Lipinski definition) is 3. The lowest BCUT2D eigenvalue weighted by molar-refractivity contribution is -0.120. The molecule has 2 unspecified atom stereocenters. The summed E-state index contributed by atoms with van der Waals surface area (Å²) < 4.78 is 0. The van der Waals surface area contributed by atoms with Crippen LogP contribution in [0, 0.1) is 0 Å². The molecule has 92 valence electrons. The molecule has 0 radical (unpaired) electrons. The van der Waals surface area contributed by atoms with Crippen LogP contribution in [-0.2, 0) is 11.2 Å². The number of carbonyl (C=O) groups excluding carboxylic acids is 1. The zero-order valence-electron chi connectivity index (χ0n) is 9.97. The number of amides is 1. The van der Waals surface area contributed by atoms with Crippen molar-refractivity contribution in [3.05, 3.63) is 29.8 Å². The van der Waals surface area contributed by atoms with E-state index in [0.29, 0.717) is 19.4 Å². The van der Waals surface area contributed by atoms with Crippen molar-refractivity contribution in [2.24, 2.45) is 5.73 Å². The van der Waals surface area contributed by atoms with Gasteiger partial charge in [-0.15, -0.1) is 0 Å². The number of nitrogens with two attached hydrogens (primary N) is 1. The second-order valence-electron chi connectivity index (χ2n) is 4.45. The SMILES string of the molecule is CCC(O)CN1C(=O)C(N)Cc2ccccc21. The normalized spacial score (nSPS) is 21.2. The van der Waals surface area contributed by atoms with Crippen molar-refractivity contribution < 1.29 is 9.90 Å². The van der Waals surface area contributed by atoms with Crippen molar-refractivity contribution in [2.45, 2.75) is 31.9 Å². The van der Waals surface area contributed by atoms with Gasteiger partial charge in [-0.3, -0.25) is 4.79 Å². The number of aliphatic hydroxyl groups excluding tert-OH is 1. The number of carbonyl (C=O) groups is 1. The van der Waals surface area contributed by atoms with Crippen LogP contribution in [-0.4, -0.2) is 29.7 Å². The lowest BCUT2D eigenvalue weighted by Crippen LogP contribution is -2.51. The van der Waals surface area contributed by atoms with Crippen molar-refractivity contribution in [3.8, 4) is 0 Å². The molecule has 4 heteroatoms. The first-order valence-corrected chi connectivity index (χ1v) is 5.96. The monoisotopic (exact) mass is 234 g/mol. The molecule has 17 heavy (non-hydrogen) atoms. The van der Waals surface area contributed by atoms with Gasteiger partial charge in [0.25, 0.3) is 0 Å². The molecule has 1 aromatic rings. The predicted molar refractivity (Wildman–Crippen MR) is 66.8 cm³/mol. The van der Waals surface area contributed by atoms with E-state index in [4.69, 9.17) is 5.73 Å². The van der Waals surface area contributed by atoms with Gasteiger partial charge in [-0.2, -0.15) is 0 Å². The summed E-state index contributed by atoms with van der Waals surface area (Å²) in [6.45, 7) is 2.21. The second kappa shape index (κ2) is 4.85. The van der Waals surface area contributed by atoms with E-state index in [-0.39, 0.29) is 5.91 Å². The Morgan fingerprint density at radius 1 is 1.53 bits per heavy atom. The van der Waals surface area contributed by atoms with Gasteiger partial charge < -0.3 is 15.7 Å². The van der Waals surface area contributed by atoms with Gasteiger partial charge in [0.1, 0.15) is 0 Å². The van der Waals surface area contributed by atoms with E-state index in [1.54, 1.807) is 4.90 Å². The summed E-state index contributed by atoms with van der Waals surface area (Å²) in [5, 5.41) is 9.71. The average molecular weight is 234 g/mol. The van der Waals surface area contributed by atoms with Crippen LogP contribution in [0.25, 0.3) is 0 Å². The van der Waals surface area contributed by atoms with Gasteiger partial charge in [0.2, 0.25) is 5.91 Å². The lowest BCUT2D eigenvalue weighted by Gasteiger charge is -2.33. The summed E-state index contributed by atoms with van der Waals surface area (Å²) in [7, 11) is 0. The molecule has 0 saturated carbocycles. The molecule has 0 aromatic heterocycles. The van der Waals surface area contributed by atoms with E-state index in [1.165, 1.54) is 0 Å². The van der Waals surface area contributed by atoms with Gasteiger partial charge in [-0.1, -0.05) is 25.1 Å². The summed E-state index contributed by atoms with van der Waals surface area (Å²) in [6.07, 6.45) is 0.701. The van der Waals surface area contributed by atoms with E-state index < -0.39 is 12.1 Å². The fourth-order valence-electron chi connectivity index (χ4n) is 2.12. The topological polar surface area (TPSA) is 66.6 Å². The Morgan fingerprint density at radius 2 is 2.24 bits per heavy atom. The summed E-state index contributed by atoms with van der Waals surface area (Å²) in [5.74, 6) is -0.101. The number of fused-ring (bicyclic) bond motifs is 1. The molecule has 1 amide bonds. The standard InChI is InChI=1S/C13H18N2O2/c1-2-10(16)8-15-12-6-4-3-5-9(12)7-11(14)13(15)17/h3-6,10-11,16H,2,7-8,14H2,1H3. The third-order valence-corrected chi connectivity index (χ3v) is 3.17. The maximum atomic E-state index is 12.0. The number of nitrogens with zero attached hydrogens (tertiary/aromatic N) is 1. The van der Waals surface area contributed by atoms with Crippen LogP contribution >= 0.6 is 0 Å². The Kier molecular flexibility index (Phi) is 3.45. The third kappa shape index (κ3) is 2.33. The number of hydrogen-bond donors (Lipinski definition) is 2. The number of rotatable bonds is 3. The first-order chi connectivity index (χ1) is 8.13. The zero-order chi connectivity index (χ0) is 12.4. The highest BCUT2D eigenvalue weighted by molar-refractivity contribution is 6.00. The molecule has 4 nitrogen and oxygen atoms in total. The first kappa shape index (κ1) is 12.1. The van der Waals surface area contributed by atoms with Gasteiger partial charge in [0.05, 0.1) is 18.7 Å². The smallest absolute Gasteiger partial charge is 0.244 e. The predicted octanol–water partition coefficient (Wildman–Crippen LogP) is 0.674. The van der Waals surface area contributed by atoms with Crippen LogP contribution in [0.5, 0.6) is 0 Å². The van der Waals surface area contributed by atoms with Crippen molar-refractivity contribution in [2.75, 3.05) is 11.4 Å². The minimum Gasteiger partial charge on any atom is -0.391 e. The molecule has 0 aliphatic carbocycles. The maximum absolute atomic E-state index is 12.0. The molecule has 1 heterocycles. The summed E-state index contributed by atoms with van der Waals surface area (Å²) in [6, 6.07) is 7.23. The molecule has 0 saturated heterocycles. The van der Waals surface area contributed by atoms with E-state index in [9.17, 15) is 9.90 Å². The minimum absolute atomic E-state index is 0.101. The molecule has 2 rings (SSSR count). The summed E-state index contributed by atoms with van der Waals surface area (Å²) in [4.78, 5) is 13.6. The van der Waals surface area contributed by atoms with Gasteiger partial charge in [0.15, 0.2) is 0 Å². The van der Waals surface area contributed by atoms with Crippen LogP contribution in [0.1, 0.15) is 18.9 Å². The molecule has 1 aliphatic rings. The van der Waals surface area contributed by atoms with Crippen molar-refractivity contribution in [1.82, 2.24) is 0 Å². The number of para-hydroxylation sites is 1. The van der Waals surface area contributed by atoms with Crippen molar-refractivity contribution in [1.29, 1.82) is 0 Å². The van der Waals surface area contributed by atoms with Gasteiger partial charge in [0, 0.05) is 5.69 Å². The van der Waals surface area contributed by atoms with Gasteiger partial charge in [-0.25, -0.2) is 0 Å². The molecule has 0 spiro atoms. The lowest BCUT2D eigenvalue weighted by atomic mass is 9.97. The highest BCUT2D eigenvalue weighted by Gasteiger charge is 2.30. The largest absolute Gasteiger partial charge is 0.391 e. The molecule has 0 bridgehead atoms. The van der Waals surface area contributed by atoms with Crippen molar-refractivity contribution >= 4 is 11.6 Å². The highest BCUT2D eigenvalue weighted by atomic mass is 16.3. The molecule has 1 aromatic carbocycles. The van der Waals surface area contributed by atoms with Crippen LogP contribution in [0.3, 0.4) is 0 Å². The minimum atomic E-state index is -0.502. The second-order valence-corrected chi connectivity index (χ2v) is 4.45. The molecule has 1 aliphatic heterocycles. The number of benzene rings is 1. The average Bonchev–Trinajstić information content (AvgIpc) is 2.34. The van der Waals surface area contributed by atoms with Crippen molar-refractivity contribution in [3.63, 3.8) is 0 Å². The fourth-order valence-corrected chi connectivity index (χ4v) is 2.12. The Bertz CT molecular complexity index is 420. The summed E-state index contributed by atoms with van der Waals surface area (Å²) in [5.41, 5.74) is 7.78. The Hall–Kier alpha value is -1.39. The van der Waals surface area contributed by atoms with Crippen LogP contribution < -0.4 is 10.6 Å². The van der Waals surface area contributed by atoms with E-state index in [2.05, 4.69) is 0 Å². The van der Waals surface area contributed by atoms with Gasteiger partial charge >= 0.3 is 0 Å². The zero-order valence-corrected chi connectivity index (χ0v) is 9.97. The van der Waals surface area contributed by atoms with Crippen LogP contribution in [0.4, 0.5) is 5.69 Å². The Balaban J connectivity index is 2.32. The highest BCUT2D eigenvalue weighted by Crippen LogP contribution is 2.27. The fraction of sp³-hybridized carbons (Fsp3) is 0.462. The van der Waals surface area contributed by atoms with Crippen LogP contribution in [0.2, 0.25) is 0 Å². The molecule has 2 atom stereocenters. The number of aliphatic hydroxyl groups is 1. The molecular weight excluding hydrogens is 216 g/mol. The number of β-amino-alcohol motifs (C(OH)–C–C–N with tert-alkyl or cyclic N) is 1. The van der Waals surface area contributed by atoms with E-state index in [0.717, 1.165) is 11.3 Å². The molecule has 0 fully saturated rings. The number of anilines is 1. The van der Waals surface area contributed by atoms with Crippen LogP contribution in [0.15, 0.2) is 24.3 Å². The van der Waals surface area contributed by atoms with E-state index >= 15 is 0 Å². The Labute approximate surface area is 101 Å². The molecular formula is C13H18N2O2. The summed E-state index contributed by atoms with van der Waals surface area (Å²) >= 11 is 0. The third-order valence-electron chi connectivity index (χ3n) is 3.17. The Morgan fingerprint density at radius 3 is 2.94 bits per heavy atom. The maximum Gasteiger partial charge on any atom is 0.244 e.